The van der Waals surface area contributed by atoms with Gasteiger partial charge in [-0.2, -0.15) is 0 Å². The van der Waals surface area contributed by atoms with E-state index in [1.54, 1.807) is 41.2 Å². The van der Waals surface area contributed by atoms with Crippen LogP contribution in [0, 0.1) is 5.82 Å². The van der Waals surface area contributed by atoms with Crippen molar-refractivity contribution in [2.24, 2.45) is 0 Å². The Hall–Kier alpha value is -3.83. The summed E-state index contributed by atoms with van der Waals surface area (Å²) in [6.07, 6.45) is 6.39. The van der Waals surface area contributed by atoms with Gasteiger partial charge >= 0.3 is 17.1 Å². The van der Waals surface area contributed by atoms with Crippen molar-refractivity contribution in [3.63, 3.8) is 0 Å². The number of benzene rings is 1. The molecule has 0 bridgehead atoms. The third-order valence-electron chi connectivity index (χ3n) is 7.58. The van der Waals surface area contributed by atoms with Crippen molar-refractivity contribution >= 4 is 28.3 Å². The maximum atomic E-state index is 15.1. The van der Waals surface area contributed by atoms with Gasteiger partial charge in [0.25, 0.3) is 0 Å². The van der Waals surface area contributed by atoms with Crippen LogP contribution in [0.2, 0.25) is 0 Å². The maximum Gasteiger partial charge on any atom is 2.00 e. The molecule has 10 nitrogen and oxygen atoms in total. The average Bonchev–Trinajstić information content (AvgIpc) is 3.78. The Morgan fingerprint density at radius 1 is 1.12 bits per heavy atom. The van der Waals surface area contributed by atoms with Gasteiger partial charge in [0.15, 0.2) is 22.8 Å². The van der Waals surface area contributed by atoms with Crippen LogP contribution in [0.3, 0.4) is 0 Å². The molecule has 1 saturated heterocycles. The van der Waals surface area contributed by atoms with Gasteiger partial charge in [-0.05, 0) is 50.1 Å². The number of hydrogen-bond acceptors (Lipinski definition) is 9. The average molecular weight is 656 g/mol. The fourth-order valence-electron chi connectivity index (χ4n) is 5.55. The number of pyridine rings is 3. The number of fused-ring (bicyclic) bond motifs is 4. The van der Waals surface area contributed by atoms with Crippen molar-refractivity contribution in [2.45, 2.75) is 31.8 Å². The summed E-state index contributed by atoms with van der Waals surface area (Å²) >= 11 is 0. The summed E-state index contributed by atoms with van der Waals surface area (Å²) in [5, 5.41) is 14.7. The molecule has 0 spiro atoms. The zero-order chi connectivity index (χ0) is 28.8. The summed E-state index contributed by atoms with van der Waals surface area (Å²) in [5.41, 5.74) is 2.26. The van der Waals surface area contributed by atoms with Crippen LogP contribution in [0.4, 0.5) is 10.1 Å². The number of carboxylic acid groups (broad SMARTS) is 1. The van der Waals surface area contributed by atoms with Crippen LogP contribution >= 0.6 is 0 Å². The number of methoxy groups -OCH3 is 1. The van der Waals surface area contributed by atoms with Crippen molar-refractivity contribution in [3.8, 4) is 17.1 Å². The monoisotopic (exact) mass is 654 g/mol. The number of carbonyl (C=O) groups is 2. The van der Waals surface area contributed by atoms with Crippen LogP contribution < -0.4 is 37.9 Å². The molecule has 3 aromatic heterocycles. The van der Waals surface area contributed by atoms with Crippen LogP contribution in [0.1, 0.15) is 52.1 Å². The van der Waals surface area contributed by atoms with Crippen LogP contribution in [0.25, 0.3) is 22.3 Å². The Kier molecular flexibility index (Phi) is 9.56. The van der Waals surface area contributed by atoms with Gasteiger partial charge in [-0.1, -0.05) is 0 Å². The smallest absolute Gasteiger partial charge is 1.00 e. The van der Waals surface area contributed by atoms with Crippen molar-refractivity contribution < 1.29 is 53.3 Å². The van der Waals surface area contributed by atoms with E-state index in [2.05, 4.69) is 15.3 Å². The number of anilines is 1. The molecule has 1 atom stereocenters. The maximum absolute atomic E-state index is 15.1. The first-order valence-corrected chi connectivity index (χ1v) is 13.4. The Labute approximate surface area is 263 Å². The molecule has 1 aromatic carbocycles. The SMILES string of the molecule is COc1c(N2CCNC(C)C2)c(F)cc2c(=O)c(C(=O)[O-])cn(C3CC3)c12.O=C1c2cccnc2-c2ncccc21.[Cl-].[Cu+2]. The molecule has 13 heteroatoms. The topological polar surface area (TPSA) is 129 Å². The minimum atomic E-state index is -1.56. The Bertz CT molecular complexity index is 1730. The van der Waals surface area contributed by atoms with E-state index < -0.39 is 22.8 Å². The molecule has 1 unspecified atom stereocenters. The number of piperazine rings is 1. The van der Waals surface area contributed by atoms with Crippen molar-refractivity contribution in [1.82, 2.24) is 19.9 Å². The minimum absolute atomic E-state index is 0. The Balaban J connectivity index is 0.000000223. The molecule has 2 fully saturated rings. The van der Waals surface area contributed by atoms with E-state index >= 15 is 4.39 Å². The second-order valence-electron chi connectivity index (χ2n) is 10.4. The van der Waals surface area contributed by atoms with Crippen molar-refractivity contribution in [1.29, 1.82) is 0 Å². The molecule has 7 rings (SSSR count). The van der Waals surface area contributed by atoms with Crippen molar-refractivity contribution in [2.75, 3.05) is 31.6 Å². The van der Waals surface area contributed by atoms with E-state index in [0.717, 1.165) is 18.9 Å². The third kappa shape index (κ3) is 5.75. The molecule has 1 N–H and O–H groups in total. The van der Waals surface area contributed by atoms with Crippen LogP contribution in [0.5, 0.6) is 5.75 Å². The van der Waals surface area contributed by atoms with Gasteiger partial charge in [-0.25, -0.2) is 4.39 Å². The van der Waals surface area contributed by atoms with Gasteiger partial charge in [0, 0.05) is 50.3 Å². The Morgan fingerprint density at radius 2 is 1.74 bits per heavy atom. The summed E-state index contributed by atoms with van der Waals surface area (Å²) in [6, 6.07) is 8.49. The number of carbonyl (C=O) groups excluding carboxylic acids is 2. The predicted octanol–water partition coefficient (Wildman–Crippen LogP) is -0.665. The summed E-state index contributed by atoms with van der Waals surface area (Å²) in [6.45, 7) is 3.93. The molecule has 1 aliphatic heterocycles. The summed E-state index contributed by atoms with van der Waals surface area (Å²) in [7, 11) is 1.44. The second kappa shape index (κ2) is 12.8. The molecule has 43 heavy (non-hydrogen) atoms. The Morgan fingerprint density at radius 3 is 2.28 bits per heavy atom. The zero-order valence-electron chi connectivity index (χ0n) is 23.2. The van der Waals surface area contributed by atoms with Gasteiger partial charge in [-0.3, -0.25) is 19.6 Å². The first-order chi connectivity index (χ1) is 19.8. The van der Waals surface area contributed by atoms with Crippen LogP contribution in [-0.2, 0) is 17.1 Å². The van der Waals surface area contributed by atoms with E-state index in [0.29, 0.717) is 53.4 Å². The zero-order valence-corrected chi connectivity index (χ0v) is 24.9. The second-order valence-corrected chi connectivity index (χ2v) is 10.4. The van der Waals surface area contributed by atoms with Gasteiger partial charge in [0.1, 0.15) is 17.1 Å². The molecule has 1 radical (unpaired) electrons. The molecular formula is C30H27ClCuFN5O5. The molecule has 4 aromatic rings. The minimum Gasteiger partial charge on any atom is -1.00 e. The van der Waals surface area contributed by atoms with E-state index in [-0.39, 0.29) is 58.5 Å². The van der Waals surface area contributed by atoms with E-state index in [4.69, 9.17) is 4.74 Å². The van der Waals surface area contributed by atoms with E-state index in [1.807, 2.05) is 11.8 Å². The van der Waals surface area contributed by atoms with E-state index in [9.17, 15) is 19.5 Å². The number of halogens is 2. The number of nitrogens with zero attached hydrogens (tertiary/aromatic N) is 4. The third-order valence-corrected chi connectivity index (χ3v) is 7.58. The van der Waals surface area contributed by atoms with E-state index in [1.165, 1.54) is 13.3 Å². The fourth-order valence-corrected chi connectivity index (χ4v) is 5.55. The van der Waals surface area contributed by atoms with Crippen molar-refractivity contribution in [3.05, 3.63) is 81.7 Å². The number of rotatable bonds is 4. The molecule has 227 valence electrons. The molecular weight excluding hydrogens is 628 g/mol. The number of ketones is 1. The quantitative estimate of drug-likeness (QED) is 0.251. The summed E-state index contributed by atoms with van der Waals surface area (Å²) < 4.78 is 22.4. The number of aromatic carboxylic acids is 1. The molecule has 4 heterocycles. The number of ether oxygens (including phenoxy) is 1. The summed E-state index contributed by atoms with van der Waals surface area (Å²) in [5.74, 6) is -1.86. The molecule has 1 saturated carbocycles. The predicted molar refractivity (Wildman–Crippen MR) is 148 cm³/mol. The van der Waals surface area contributed by atoms with Gasteiger partial charge in [0.2, 0.25) is 0 Å². The van der Waals surface area contributed by atoms with Crippen LogP contribution in [0.15, 0.2) is 53.7 Å². The molecule has 3 aliphatic rings. The number of nitrogens with one attached hydrogen (secondary N) is 1. The first kappa shape index (κ1) is 32.1. The largest absolute Gasteiger partial charge is 2.00 e. The van der Waals surface area contributed by atoms with Gasteiger partial charge in [-0.15, -0.1) is 0 Å². The number of hydrogen-bond donors (Lipinski definition) is 1. The summed E-state index contributed by atoms with van der Waals surface area (Å²) in [4.78, 5) is 46.1. The van der Waals surface area contributed by atoms with Crippen LogP contribution in [-0.4, -0.2) is 59.1 Å². The normalized spacial score (nSPS) is 16.7. The molecule has 0 amide bonds. The first-order valence-electron chi connectivity index (χ1n) is 13.4. The van der Waals surface area contributed by atoms with Gasteiger partial charge < -0.3 is 41.8 Å². The number of aromatic nitrogens is 3. The van der Waals surface area contributed by atoms with Gasteiger partial charge in [0.05, 0.1) is 40.7 Å². The molecule has 2 aliphatic carbocycles. The fraction of sp³-hybridized carbons (Fsp3) is 0.300. The standard InChI is InChI=1S/C19H22FN3O4.C11H6N2O.ClH.Cu/c1-10-8-22(6-5-21-10)16-14(20)7-12-15(18(16)27-2)23(11-3-4-11)9-13(17(12)24)19(25)26;14-11-7-3-1-5-12-9(7)10-8(11)4-2-6-13-10;;/h7,9-11,21H,3-6,8H2,1-2H3,(H,25,26);1-6H;1H;/q;;;+2/p-2. The number of carboxylic acids is 1.